The Morgan fingerprint density at radius 1 is 1.40 bits per heavy atom. The Morgan fingerprint density at radius 2 is 2.00 bits per heavy atom. The van der Waals surface area contributed by atoms with Gasteiger partial charge in [0.1, 0.15) is 0 Å². The normalized spacial score (nSPS) is 40.3. The van der Waals surface area contributed by atoms with Gasteiger partial charge in [-0.05, 0) is 12.3 Å². The third kappa shape index (κ3) is 3.24. The van der Waals surface area contributed by atoms with Crippen LogP contribution in [0.5, 0.6) is 0 Å². The van der Waals surface area contributed by atoms with Gasteiger partial charge in [-0.1, -0.05) is 6.92 Å². The Bertz CT molecular complexity index is 258. The van der Waals surface area contributed by atoms with E-state index in [-0.39, 0.29) is 18.4 Å². The molecule has 90 valence electrons. The lowest BCUT2D eigenvalue weighted by molar-refractivity contribution is -0.00419. The highest BCUT2D eigenvalue weighted by atomic mass is 31.2. The molecule has 0 aromatic heterocycles. The van der Waals surface area contributed by atoms with Crippen molar-refractivity contribution in [3.8, 4) is 0 Å². The molecule has 0 radical (unpaired) electrons. The minimum Gasteiger partial charge on any atom is -0.390 e. The van der Waals surface area contributed by atoms with E-state index in [0.29, 0.717) is 6.42 Å². The summed E-state index contributed by atoms with van der Waals surface area (Å²) in [5.41, 5.74) is 0. The Labute approximate surface area is 88.4 Å². The third-order valence-electron chi connectivity index (χ3n) is 2.77. The lowest BCUT2D eigenvalue weighted by atomic mass is 10.1. The molecule has 0 aliphatic heterocycles. The molecule has 0 spiro atoms. The van der Waals surface area contributed by atoms with Crippen molar-refractivity contribution in [2.45, 2.75) is 25.6 Å². The van der Waals surface area contributed by atoms with Crippen LogP contribution in [0, 0.1) is 11.8 Å². The molecule has 0 amide bonds. The predicted octanol–water partition coefficient (Wildman–Crippen LogP) is 0.128. The van der Waals surface area contributed by atoms with Gasteiger partial charge in [0, 0.05) is 13.0 Å². The predicted molar refractivity (Wildman–Crippen MR) is 52.1 cm³/mol. The molecular formula is C8H17O6P. The smallest absolute Gasteiger partial charge is 0.390 e. The zero-order valence-corrected chi connectivity index (χ0v) is 9.63. The molecule has 1 fully saturated rings. The highest BCUT2D eigenvalue weighted by Gasteiger charge is 2.40. The van der Waals surface area contributed by atoms with Gasteiger partial charge in [-0.15, -0.1) is 0 Å². The van der Waals surface area contributed by atoms with E-state index in [1.165, 1.54) is 0 Å². The summed E-state index contributed by atoms with van der Waals surface area (Å²) < 4.78 is 19.9. The monoisotopic (exact) mass is 240 g/mol. The number of phosphoric acid groups is 1. The highest BCUT2D eigenvalue weighted by Crippen LogP contribution is 2.44. The molecule has 0 heterocycles. The highest BCUT2D eigenvalue weighted by molar-refractivity contribution is 7.47. The summed E-state index contributed by atoms with van der Waals surface area (Å²) in [6.07, 6.45) is -1.14. The van der Waals surface area contributed by atoms with Gasteiger partial charge >= 0.3 is 7.82 Å². The zero-order valence-electron chi connectivity index (χ0n) is 8.74. The van der Waals surface area contributed by atoms with E-state index in [0.717, 1.165) is 7.11 Å². The second-order valence-corrected chi connectivity index (χ2v) is 5.46. The van der Waals surface area contributed by atoms with Gasteiger partial charge in [-0.25, -0.2) is 4.57 Å². The summed E-state index contributed by atoms with van der Waals surface area (Å²) in [6, 6.07) is 0. The first-order chi connectivity index (χ1) is 6.87. The number of rotatable bonds is 4. The van der Waals surface area contributed by atoms with Crippen molar-refractivity contribution < 1.29 is 28.7 Å². The second-order valence-electron chi connectivity index (χ2n) is 3.90. The van der Waals surface area contributed by atoms with Gasteiger partial charge in [-0.2, -0.15) is 0 Å². The van der Waals surface area contributed by atoms with E-state index in [1.54, 1.807) is 0 Å². The van der Waals surface area contributed by atoms with Crippen molar-refractivity contribution in [3.05, 3.63) is 0 Å². The topological polar surface area (TPSA) is 96.2 Å². The van der Waals surface area contributed by atoms with E-state index < -0.39 is 20.0 Å². The molecule has 1 saturated carbocycles. The van der Waals surface area contributed by atoms with Crippen molar-refractivity contribution in [1.29, 1.82) is 0 Å². The molecule has 7 heteroatoms. The van der Waals surface area contributed by atoms with Crippen LogP contribution in [0.15, 0.2) is 0 Å². The van der Waals surface area contributed by atoms with Crippen molar-refractivity contribution >= 4 is 7.82 Å². The molecule has 2 unspecified atom stereocenters. The van der Waals surface area contributed by atoms with Crippen LogP contribution in [-0.4, -0.2) is 41.0 Å². The molecule has 0 aromatic rings. The van der Waals surface area contributed by atoms with Crippen LogP contribution < -0.4 is 0 Å². The van der Waals surface area contributed by atoms with Crippen LogP contribution in [-0.2, 0) is 13.6 Å². The third-order valence-corrected chi connectivity index (χ3v) is 3.71. The van der Waals surface area contributed by atoms with Crippen molar-refractivity contribution in [2.24, 2.45) is 11.8 Å². The maximum Gasteiger partial charge on any atom is 0.471 e. The minimum atomic E-state index is -3.98. The Hall–Kier alpha value is 0.0300. The first kappa shape index (κ1) is 13.1. The average molecular weight is 240 g/mol. The molecule has 3 N–H and O–H groups in total. The SMILES string of the molecule is COP(=O)(O)OCC1C[C@@H](C)[C@H](O)[C@@H]1O. The Kier molecular flexibility index (Phi) is 4.29. The largest absolute Gasteiger partial charge is 0.471 e. The fraction of sp³-hybridized carbons (Fsp3) is 1.00. The molecule has 1 aliphatic carbocycles. The van der Waals surface area contributed by atoms with Gasteiger partial charge in [0.2, 0.25) is 0 Å². The van der Waals surface area contributed by atoms with Gasteiger partial charge < -0.3 is 15.1 Å². The van der Waals surface area contributed by atoms with Gasteiger partial charge in [0.25, 0.3) is 0 Å². The summed E-state index contributed by atoms with van der Waals surface area (Å²) in [4.78, 5) is 8.97. The molecule has 0 bridgehead atoms. The van der Waals surface area contributed by atoms with Crippen LogP contribution >= 0.6 is 7.82 Å². The minimum absolute atomic E-state index is 0.0331. The number of aliphatic hydroxyl groups is 2. The molecule has 6 nitrogen and oxygen atoms in total. The summed E-state index contributed by atoms with van der Waals surface area (Å²) in [6.45, 7) is 1.72. The van der Waals surface area contributed by atoms with Crippen LogP contribution in [0.1, 0.15) is 13.3 Å². The number of phosphoric ester groups is 1. The van der Waals surface area contributed by atoms with Crippen LogP contribution in [0.3, 0.4) is 0 Å². The first-order valence-electron chi connectivity index (χ1n) is 4.76. The van der Waals surface area contributed by atoms with Gasteiger partial charge in [-0.3, -0.25) is 9.05 Å². The van der Waals surface area contributed by atoms with Crippen molar-refractivity contribution in [1.82, 2.24) is 0 Å². The van der Waals surface area contributed by atoms with Gasteiger partial charge in [0.15, 0.2) is 0 Å². The average Bonchev–Trinajstić information content (AvgIpc) is 2.43. The van der Waals surface area contributed by atoms with Crippen molar-refractivity contribution in [2.75, 3.05) is 13.7 Å². The Balaban J connectivity index is 2.44. The molecule has 5 atom stereocenters. The maximum atomic E-state index is 11.0. The summed E-state index contributed by atoms with van der Waals surface area (Å²) in [5.74, 6) is -0.361. The van der Waals surface area contributed by atoms with Crippen LogP contribution in [0.25, 0.3) is 0 Å². The fourth-order valence-electron chi connectivity index (χ4n) is 1.78. The summed E-state index contributed by atoms with van der Waals surface area (Å²) in [5, 5.41) is 19.0. The fourth-order valence-corrected chi connectivity index (χ4v) is 2.27. The van der Waals surface area contributed by atoms with E-state index in [4.69, 9.17) is 4.89 Å². The van der Waals surface area contributed by atoms with E-state index in [9.17, 15) is 14.8 Å². The molecule has 15 heavy (non-hydrogen) atoms. The number of hydrogen-bond donors (Lipinski definition) is 3. The first-order valence-corrected chi connectivity index (χ1v) is 6.26. The van der Waals surface area contributed by atoms with Crippen LogP contribution in [0.4, 0.5) is 0 Å². The lowest BCUT2D eigenvalue weighted by Gasteiger charge is -2.17. The van der Waals surface area contributed by atoms with Crippen molar-refractivity contribution in [3.63, 3.8) is 0 Å². The standard InChI is InChI=1S/C8H17O6P/c1-5-3-6(8(10)7(5)9)4-14-15(11,12)13-2/h5-10H,3-4H2,1-2H3,(H,11,12)/t5-,6?,7+,8-/m1/s1. The van der Waals surface area contributed by atoms with Gasteiger partial charge in [0.05, 0.1) is 18.8 Å². The lowest BCUT2D eigenvalue weighted by Crippen LogP contribution is -2.29. The van der Waals surface area contributed by atoms with E-state index >= 15 is 0 Å². The molecule has 1 rings (SSSR count). The van der Waals surface area contributed by atoms with Crippen LogP contribution in [0.2, 0.25) is 0 Å². The summed E-state index contributed by atoms with van der Waals surface area (Å²) >= 11 is 0. The van der Waals surface area contributed by atoms with E-state index in [1.807, 2.05) is 6.92 Å². The molecule has 0 saturated heterocycles. The van der Waals surface area contributed by atoms with E-state index in [2.05, 4.69) is 9.05 Å². The molecule has 0 aromatic carbocycles. The number of aliphatic hydroxyl groups excluding tert-OH is 2. The zero-order chi connectivity index (χ0) is 11.6. The number of hydrogen-bond acceptors (Lipinski definition) is 5. The summed E-state index contributed by atoms with van der Waals surface area (Å²) in [7, 11) is -2.91. The molecule has 1 aliphatic rings. The quantitative estimate of drug-likeness (QED) is 0.604. The maximum absolute atomic E-state index is 11.0. The Morgan fingerprint density at radius 3 is 2.40 bits per heavy atom. The second kappa shape index (κ2) is 4.91. The molecular weight excluding hydrogens is 223 g/mol.